The fourth-order valence-corrected chi connectivity index (χ4v) is 1.96. The maximum Gasteiger partial charge on any atom is 0.315 e. The number of piperidine rings is 1. The minimum Gasteiger partial charge on any atom is -0.469 e. The average molecular weight is 257 g/mol. The molecule has 6 heteroatoms. The highest BCUT2D eigenvalue weighted by atomic mass is 16.5. The highest BCUT2D eigenvalue weighted by Gasteiger charge is 2.29. The van der Waals surface area contributed by atoms with E-state index in [-0.39, 0.29) is 24.2 Å². The van der Waals surface area contributed by atoms with Crippen molar-refractivity contribution in [3.63, 3.8) is 0 Å². The monoisotopic (exact) mass is 257 g/mol. The summed E-state index contributed by atoms with van der Waals surface area (Å²) in [5, 5.41) is 0. The van der Waals surface area contributed by atoms with Crippen LogP contribution >= 0.6 is 0 Å². The lowest BCUT2D eigenvalue weighted by atomic mass is 9.98. The van der Waals surface area contributed by atoms with E-state index < -0.39 is 5.97 Å². The molecule has 1 aliphatic heterocycles. The van der Waals surface area contributed by atoms with Crippen LogP contribution in [0.1, 0.15) is 26.2 Å². The number of likely N-dealkylation sites (tertiary alicyclic amines) is 1. The third-order valence-electron chi connectivity index (χ3n) is 2.92. The molecule has 0 aromatic heterocycles. The van der Waals surface area contributed by atoms with Crippen LogP contribution in [0.4, 0.5) is 0 Å². The van der Waals surface area contributed by atoms with Crippen molar-refractivity contribution < 1.29 is 23.9 Å². The van der Waals surface area contributed by atoms with Gasteiger partial charge < -0.3 is 14.4 Å². The van der Waals surface area contributed by atoms with Crippen molar-refractivity contribution in [3.8, 4) is 0 Å². The summed E-state index contributed by atoms with van der Waals surface area (Å²) in [6.45, 7) is 2.99. The van der Waals surface area contributed by atoms with Gasteiger partial charge in [-0.3, -0.25) is 14.4 Å². The molecule has 0 spiro atoms. The van der Waals surface area contributed by atoms with Crippen molar-refractivity contribution in [1.82, 2.24) is 4.90 Å². The minimum atomic E-state index is -0.557. The Morgan fingerprint density at radius 2 is 2.06 bits per heavy atom. The summed E-state index contributed by atoms with van der Waals surface area (Å²) < 4.78 is 9.39. The maximum absolute atomic E-state index is 11.8. The van der Waals surface area contributed by atoms with Crippen molar-refractivity contribution in [2.45, 2.75) is 26.2 Å². The lowest BCUT2D eigenvalue weighted by Crippen LogP contribution is -2.43. The molecule has 0 bridgehead atoms. The van der Waals surface area contributed by atoms with Crippen LogP contribution in [0.15, 0.2) is 0 Å². The number of esters is 2. The molecule has 6 nitrogen and oxygen atoms in total. The van der Waals surface area contributed by atoms with E-state index in [0.717, 1.165) is 12.8 Å². The minimum absolute atomic E-state index is 0.270. The lowest BCUT2D eigenvalue weighted by Gasteiger charge is -2.31. The normalized spacial score (nSPS) is 19.2. The molecule has 1 fully saturated rings. The summed E-state index contributed by atoms with van der Waals surface area (Å²) in [4.78, 5) is 35.9. The van der Waals surface area contributed by atoms with E-state index >= 15 is 0 Å². The first-order chi connectivity index (χ1) is 8.58. The molecule has 0 aromatic carbocycles. The van der Waals surface area contributed by atoms with Gasteiger partial charge in [0, 0.05) is 13.1 Å². The predicted octanol–water partition coefficient (Wildman–Crippen LogP) is 0.351. The van der Waals surface area contributed by atoms with Crippen LogP contribution in [0.25, 0.3) is 0 Å². The first-order valence-corrected chi connectivity index (χ1v) is 6.09. The second-order valence-electron chi connectivity index (χ2n) is 4.18. The molecule has 0 saturated carbocycles. The van der Waals surface area contributed by atoms with Gasteiger partial charge in [0.25, 0.3) is 0 Å². The molecule has 18 heavy (non-hydrogen) atoms. The standard InChI is InChI=1S/C12H19NO5/c1-3-18-12(16)9-5-4-6-13(8-9)10(14)7-11(15)17-2/h9H,3-8H2,1-2H3. The Kier molecular flexibility index (Phi) is 5.61. The molecule has 1 saturated heterocycles. The molecule has 102 valence electrons. The van der Waals surface area contributed by atoms with Gasteiger partial charge in [0.05, 0.1) is 19.6 Å². The summed E-state index contributed by atoms with van der Waals surface area (Å²) in [6.07, 6.45) is 1.20. The molecule has 1 aliphatic rings. The predicted molar refractivity (Wildman–Crippen MR) is 62.6 cm³/mol. The Balaban J connectivity index is 2.50. The lowest BCUT2D eigenvalue weighted by molar-refractivity contribution is -0.152. The zero-order valence-corrected chi connectivity index (χ0v) is 10.8. The van der Waals surface area contributed by atoms with E-state index in [1.165, 1.54) is 12.0 Å². The molecule has 1 rings (SSSR count). The topological polar surface area (TPSA) is 72.9 Å². The number of hydrogen-bond donors (Lipinski definition) is 0. The largest absolute Gasteiger partial charge is 0.469 e. The van der Waals surface area contributed by atoms with Gasteiger partial charge in [-0.2, -0.15) is 0 Å². The molecule has 0 N–H and O–H groups in total. The Labute approximate surface area is 106 Å². The number of ether oxygens (including phenoxy) is 2. The number of carbonyl (C=O) groups excluding carboxylic acids is 3. The Hall–Kier alpha value is -1.59. The van der Waals surface area contributed by atoms with E-state index in [9.17, 15) is 14.4 Å². The van der Waals surface area contributed by atoms with Crippen molar-refractivity contribution >= 4 is 17.8 Å². The van der Waals surface area contributed by atoms with Crippen molar-refractivity contribution in [3.05, 3.63) is 0 Å². The maximum atomic E-state index is 11.8. The summed E-state index contributed by atoms with van der Waals surface area (Å²) in [6, 6.07) is 0. The molecule has 1 unspecified atom stereocenters. The van der Waals surface area contributed by atoms with Crippen molar-refractivity contribution in [2.75, 3.05) is 26.8 Å². The molecular formula is C12H19NO5. The highest BCUT2D eigenvalue weighted by molar-refractivity contribution is 5.94. The summed E-state index contributed by atoms with van der Waals surface area (Å²) in [7, 11) is 1.24. The van der Waals surface area contributed by atoms with E-state index in [1.54, 1.807) is 6.92 Å². The first kappa shape index (κ1) is 14.5. The van der Waals surface area contributed by atoms with Crippen LogP contribution in [0, 0.1) is 5.92 Å². The van der Waals surface area contributed by atoms with Crippen LogP contribution < -0.4 is 0 Å². The zero-order valence-electron chi connectivity index (χ0n) is 10.8. The quantitative estimate of drug-likeness (QED) is 0.537. The zero-order chi connectivity index (χ0) is 13.5. The fourth-order valence-electron chi connectivity index (χ4n) is 1.96. The van der Waals surface area contributed by atoms with Crippen LogP contribution in [0.3, 0.4) is 0 Å². The highest BCUT2D eigenvalue weighted by Crippen LogP contribution is 2.18. The molecular weight excluding hydrogens is 238 g/mol. The average Bonchev–Trinajstić information content (AvgIpc) is 2.39. The molecule has 1 heterocycles. The van der Waals surface area contributed by atoms with E-state index in [4.69, 9.17) is 4.74 Å². The molecule has 1 atom stereocenters. The van der Waals surface area contributed by atoms with Gasteiger partial charge in [-0.1, -0.05) is 0 Å². The fraction of sp³-hybridized carbons (Fsp3) is 0.750. The van der Waals surface area contributed by atoms with Gasteiger partial charge in [-0.15, -0.1) is 0 Å². The van der Waals surface area contributed by atoms with Crippen molar-refractivity contribution in [1.29, 1.82) is 0 Å². The van der Waals surface area contributed by atoms with Gasteiger partial charge in [0.1, 0.15) is 6.42 Å². The third kappa shape index (κ3) is 4.01. The van der Waals surface area contributed by atoms with Crippen LogP contribution in [0.2, 0.25) is 0 Å². The van der Waals surface area contributed by atoms with Crippen LogP contribution in [0.5, 0.6) is 0 Å². The second-order valence-corrected chi connectivity index (χ2v) is 4.18. The van der Waals surface area contributed by atoms with Gasteiger partial charge >= 0.3 is 11.9 Å². The number of methoxy groups -OCH3 is 1. The second kappa shape index (κ2) is 6.98. The number of carbonyl (C=O) groups is 3. The van der Waals surface area contributed by atoms with Crippen molar-refractivity contribution in [2.24, 2.45) is 5.92 Å². The summed E-state index contributed by atoms with van der Waals surface area (Å²) in [5.74, 6) is -1.40. The third-order valence-corrected chi connectivity index (χ3v) is 2.92. The first-order valence-electron chi connectivity index (χ1n) is 6.09. The SMILES string of the molecule is CCOC(=O)C1CCCN(C(=O)CC(=O)OC)C1. The smallest absolute Gasteiger partial charge is 0.315 e. The molecule has 0 aromatic rings. The molecule has 1 amide bonds. The Morgan fingerprint density at radius 1 is 1.33 bits per heavy atom. The summed E-state index contributed by atoms with van der Waals surface area (Å²) >= 11 is 0. The van der Waals surface area contributed by atoms with Gasteiger partial charge in [-0.25, -0.2) is 0 Å². The Bertz CT molecular complexity index is 328. The van der Waals surface area contributed by atoms with E-state index in [0.29, 0.717) is 19.7 Å². The van der Waals surface area contributed by atoms with Crippen LogP contribution in [-0.2, 0) is 23.9 Å². The van der Waals surface area contributed by atoms with E-state index in [1.807, 2.05) is 0 Å². The Morgan fingerprint density at radius 3 is 2.67 bits per heavy atom. The summed E-state index contributed by atoms with van der Waals surface area (Å²) in [5.41, 5.74) is 0. The number of amides is 1. The number of hydrogen-bond acceptors (Lipinski definition) is 5. The van der Waals surface area contributed by atoms with Crippen LogP contribution in [-0.4, -0.2) is 49.6 Å². The molecule has 0 radical (unpaired) electrons. The van der Waals surface area contributed by atoms with Gasteiger partial charge in [-0.05, 0) is 19.8 Å². The van der Waals surface area contributed by atoms with Gasteiger partial charge in [0.2, 0.25) is 5.91 Å². The van der Waals surface area contributed by atoms with E-state index in [2.05, 4.69) is 4.74 Å². The van der Waals surface area contributed by atoms with Gasteiger partial charge in [0.15, 0.2) is 0 Å². The molecule has 0 aliphatic carbocycles. The number of nitrogens with zero attached hydrogens (tertiary/aromatic N) is 1. The number of rotatable bonds is 4.